The molecule has 0 spiro atoms. The van der Waals surface area contributed by atoms with Gasteiger partial charge in [-0.05, 0) is 25.0 Å². The Hall–Kier alpha value is -1.42. The topological polar surface area (TPSA) is 59.2 Å². The lowest BCUT2D eigenvalue weighted by molar-refractivity contribution is -0.122. The first-order valence-electron chi connectivity index (χ1n) is 6.63. The molecule has 2 unspecified atom stereocenters. The van der Waals surface area contributed by atoms with Crippen LogP contribution >= 0.6 is 0 Å². The van der Waals surface area contributed by atoms with E-state index in [1.54, 1.807) is 24.3 Å². The standard InChI is InChI=1S/C14H21N3O/c1-17(11-6-5-9-16-10-11)14(18)12-7-3-2-4-8-13(12)15/h5-6,9-10,12-13H,2-4,7-8,15H2,1H3. The van der Waals surface area contributed by atoms with Gasteiger partial charge in [0, 0.05) is 19.3 Å². The summed E-state index contributed by atoms with van der Waals surface area (Å²) in [5.41, 5.74) is 6.97. The van der Waals surface area contributed by atoms with E-state index in [2.05, 4.69) is 4.98 Å². The molecule has 0 aliphatic heterocycles. The van der Waals surface area contributed by atoms with Crippen LogP contribution in [0.3, 0.4) is 0 Å². The van der Waals surface area contributed by atoms with Crippen LogP contribution in [-0.4, -0.2) is 24.0 Å². The fourth-order valence-electron chi connectivity index (χ4n) is 2.57. The minimum atomic E-state index is -0.0438. The van der Waals surface area contributed by atoms with Crippen LogP contribution in [0.2, 0.25) is 0 Å². The highest BCUT2D eigenvalue weighted by Gasteiger charge is 2.29. The zero-order valence-corrected chi connectivity index (χ0v) is 10.9. The normalized spacial score (nSPS) is 24.3. The van der Waals surface area contributed by atoms with Gasteiger partial charge in [0.2, 0.25) is 5.91 Å². The number of rotatable bonds is 2. The van der Waals surface area contributed by atoms with E-state index < -0.39 is 0 Å². The lowest BCUT2D eigenvalue weighted by atomic mass is 9.94. The Morgan fingerprint density at radius 3 is 2.89 bits per heavy atom. The van der Waals surface area contributed by atoms with Crippen molar-refractivity contribution in [3.63, 3.8) is 0 Å². The molecule has 98 valence electrons. The summed E-state index contributed by atoms with van der Waals surface area (Å²) < 4.78 is 0. The van der Waals surface area contributed by atoms with E-state index in [4.69, 9.17) is 5.73 Å². The van der Waals surface area contributed by atoms with E-state index >= 15 is 0 Å². The molecule has 0 radical (unpaired) electrons. The van der Waals surface area contributed by atoms with Crippen molar-refractivity contribution in [2.24, 2.45) is 11.7 Å². The van der Waals surface area contributed by atoms with E-state index in [0.717, 1.165) is 31.4 Å². The largest absolute Gasteiger partial charge is 0.327 e. The number of nitrogens with two attached hydrogens (primary N) is 1. The van der Waals surface area contributed by atoms with Gasteiger partial charge in [0.15, 0.2) is 0 Å². The van der Waals surface area contributed by atoms with Crippen molar-refractivity contribution in [2.45, 2.75) is 38.1 Å². The van der Waals surface area contributed by atoms with Crippen molar-refractivity contribution in [1.82, 2.24) is 4.98 Å². The molecule has 0 bridgehead atoms. The van der Waals surface area contributed by atoms with E-state index in [0.29, 0.717) is 0 Å². The van der Waals surface area contributed by atoms with Crippen molar-refractivity contribution in [3.05, 3.63) is 24.5 Å². The molecular weight excluding hydrogens is 226 g/mol. The summed E-state index contributed by atoms with van der Waals surface area (Å²) in [5, 5.41) is 0. The number of anilines is 1. The summed E-state index contributed by atoms with van der Waals surface area (Å²) in [6, 6.07) is 3.73. The quantitative estimate of drug-likeness (QED) is 0.813. The number of hydrogen-bond acceptors (Lipinski definition) is 3. The molecule has 4 heteroatoms. The van der Waals surface area contributed by atoms with E-state index in [9.17, 15) is 4.79 Å². The average molecular weight is 247 g/mol. The SMILES string of the molecule is CN(C(=O)C1CCCCCC1N)c1cccnc1. The summed E-state index contributed by atoms with van der Waals surface area (Å²) in [6.45, 7) is 0. The van der Waals surface area contributed by atoms with Crippen LogP contribution in [0.5, 0.6) is 0 Å². The molecule has 1 fully saturated rings. The van der Waals surface area contributed by atoms with Crippen molar-refractivity contribution in [3.8, 4) is 0 Å². The summed E-state index contributed by atoms with van der Waals surface area (Å²) in [4.78, 5) is 18.2. The summed E-state index contributed by atoms with van der Waals surface area (Å²) in [5.74, 6) is 0.0788. The van der Waals surface area contributed by atoms with Crippen LogP contribution in [-0.2, 0) is 4.79 Å². The second-order valence-corrected chi connectivity index (χ2v) is 5.02. The van der Waals surface area contributed by atoms with Crippen molar-refractivity contribution in [1.29, 1.82) is 0 Å². The smallest absolute Gasteiger partial charge is 0.231 e. The molecular formula is C14H21N3O. The molecule has 1 heterocycles. The van der Waals surface area contributed by atoms with Crippen molar-refractivity contribution < 1.29 is 4.79 Å². The van der Waals surface area contributed by atoms with Crippen molar-refractivity contribution >= 4 is 11.6 Å². The number of pyridine rings is 1. The van der Waals surface area contributed by atoms with Gasteiger partial charge in [-0.3, -0.25) is 9.78 Å². The maximum absolute atomic E-state index is 12.5. The summed E-state index contributed by atoms with van der Waals surface area (Å²) in [6.07, 6.45) is 8.71. The molecule has 1 aromatic heterocycles. The van der Waals surface area contributed by atoms with Crippen LogP contribution in [0.15, 0.2) is 24.5 Å². The second-order valence-electron chi connectivity index (χ2n) is 5.02. The third-order valence-electron chi connectivity index (χ3n) is 3.75. The van der Waals surface area contributed by atoms with Gasteiger partial charge in [-0.15, -0.1) is 0 Å². The van der Waals surface area contributed by atoms with Gasteiger partial charge in [-0.1, -0.05) is 19.3 Å². The Bertz CT molecular complexity index is 393. The van der Waals surface area contributed by atoms with Gasteiger partial charge in [0.1, 0.15) is 0 Å². The van der Waals surface area contributed by atoms with Gasteiger partial charge >= 0.3 is 0 Å². The van der Waals surface area contributed by atoms with E-state index in [-0.39, 0.29) is 17.9 Å². The molecule has 1 aromatic rings. The predicted molar refractivity (Wildman–Crippen MR) is 72.2 cm³/mol. The Morgan fingerprint density at radius 2 is 2.17 bits per heavy atom. The molecule has 0 saturated heterocycles. The van der Waals surface area contributed by atoms with Gasteiger partial charge in [0.05, 0.1) is 17.8 Å². The maximum atomic E-state index is 12.5. The van der Waals surface area contributed by atoms with Crippen LogP contribution < -0.4 is 10.6 Å². The molecule has 1 aliphatic carbocycles. The highest BCUT2D eigenvalue weighted by Crippen LogP contribution is 2.25. The summed E-state index contributed by atoms with van der Waals surface area (Å²) in [7, 11) is 1.80. The monoisotopic (exact) mass is 247 g/mol. The fourth-order valence-corrected chi connectivity index (χ4v) is 2.57. The number of carbonyl (C=O) groups is 1. The van der Waals surface area contributed by atoms with Crippen LogP contribution in [0.25, 0.3) is 0 Å². The summed E-state index contributed by atoms with van der Waals surface area (Å²) >= 11 is 0. The fraction of sp³-hybridized carbons (Fsp3) is 0.571. The number of nitrogens with zero attached hydrogens (tertiary/aromatic N) is 2. The first-order chi connectivity index (χ1) is 8.70. The molecule has 18 heavy (non-hydrogen) atoms. The number of hydrogen-bond donors (Lipinski definition) is 1. The molecule has 1 saturated carbocycles. The Kier molecular flexibility index (Phi) is 4.31. The zero-order chi connectivity index (χ0) is 13.0. The molecule has 2 rings (SSSR count). The molecule has 1 aliphatic rings. The molecule has 2 atom stereocenters. The number of aromatic nitrogens is 1. The third kappa shape index (κ3) is 2.88. The van der Waals surface area contributed by atoms with Crippen molar-refractivity contribution in [2.75, 3.05) is 11.9 Å². The molecule has 4 nitrogen and oxygen atoms in total. The number of carbonyl (C=O) groups excluding carboxylic acids is 1. The molecule has 2 N–H and O–H groups in total. The van der Waals surface area contributed by atoms with E-state index in [1.165, 1.54) is 6.42 Å². The Balaban J connectivity index is 2.10. The highest BCUT2D eigenvalue weighted by atomic mass is 16.2. The van der Waals surface area contributed by atoms with Gasteiger partial charge in [-0.2, -0.15) is 0 Å². The molecule has 0 aromatic carbocycles. The minimum Gasteiger partial charge on any atom is -0.327 e. The lowest BCUT2D eigenvalue weighted by Gasteiger charge is -2.26. The van der Waals surface area contributed by atoms with Gasteiger partial charge < -0.3 is 10.6 Å². The first kappa shape index (κ1) is 13.0. The average Bonchev–Trinajstić information content (AvgIpc) is 2.63. The van der Waals surface area contributed by atoms with Gasteiger partial charge in [0.25, 0.3) is 0 Å². The van der Waals surface area contributed by atoms with E-state index in [1.807, 2.05) is 12.1 Å². The maximum Gasteiger partial charge on any atom is 0.231 e. The Morgan fingerprint density at radius 1 is 1.39 bits per heavy atom. The molecule has 1 amide bonds. The lowest BCUT2D eigenvalue weighted by Crippen LogP contribution is -2.42. The number of amides is 1. The van der Waals surface area contributed by atoms with Crippen LogP contribution in [0, 0.1) is 5.92 Å². The second kappa shape index (κ2) is 5.96. The zero-order valence-electron chi connectivity index (χ0n) is 10.9. The minimum absolute atomic E-state index is 0.000813. The Labute approximate surface area is 108 Å². The third-order valence-corrected chi connectivity index (χ3v) is 3.75. The highest BCUT2D eigenvalue weighted by molar-refractivity contribution is 5.94. The first-order valence-corrected chi connectivity index (χ1v) is 6.63. The van der Waals surface area contributed by atoms with Crippen LogP contribution in [0.4, 0.5) is 5.69 Å². The predicted octanol–water partition coefficient (Wildman–Crippen LogP) is 1.95. The van der Waals surface area contributed by atoms with Gasteiger partial charge in [-0.25, -0.2) is 0 Å². The van der Waals surface area contributed by atoms with Crippen LogP contribution in [0.1, 0.15) is 32.1 Å².